The van der Waals surface area contributed by atoms with Gasteiger partial charge in [0.1, 0.15) is 27.7 Å². The predicted molar refractivity (Wildman–Crippen MR) is 187 cm³/mol. The van der Waals surface area contributed by atoms with Gasteiger partial charge in [0, 0.05) is 19.3 Å². The Balaban J connectivity index is 2.15. The van der Waals surface area contributed by atoms with E-state index in [4.69, 9.17) is 9.47 Å². The van der Waals surface area contributed by atoms with Crippen molar-refractivity contribution in [1.29, 1.82) is 0 Å². The Bertz CT molecular complexity index is 1580. The van der Waals surface area contributed by atoms with Gasteiger partial charge in [0.25, 0.3) is 0 Å². The van der Waals surface area contributed by atoms with Gasteiger partial charge in [0.15, 0.2) is 6.10 Å². The topological polar surface area (TPSA) is 161 Å². The fourth-order valence-corrected chi connectivity index (χ4v) is 6.60. The number of anilines is 1. The van der Waals surface area contributed by atoms with Crippen LogP contribution in [0.25, 0.3) is 0 Å². The number of fused-ring (bicyclic) bond motifs is 1. The Labute approximate surface area is 301 Å². The number of benzene rings is 1. The number of para-hydroxylation sites is 1. The average molecular weight is 738 g/mol. The van der Waals surface area contributed by atoms with Crippen LogP contribution in [0, 0.1) is 5.92 Å². The van der Waals surface area contributed by atoms with E-state index in [1.807, 2.05) is 0 Å². The molecule has 0 bridgehead atoms. The molecule has 3 unspecified atom stereocenters. The van der Waals surface area contributed by atoms with Crippen LogP contribution in [0.5, 0.6) is 0 Å². The van der Waals surface area contributed by atoms with E-state index in [2.05, 4.69) is 15.4 Å². The first-order valence-electron chi connectivity index (χ1n) is 16.6. The second-order valence-electron chi connectivity index (χ2n) is 15.0. The number of alkyl halides is 2. The van der Waals surface area contributed by atoms with Crippen molar-refractivity contribution in [3.8, 4) is 0 Å². The number of aliphatic hydroxyl groups is 1. The van der Waals surface area contributed by atoms with Crippen LogP contribution in [0.1, 0.15) is 89.0 Å². The summed E-state index contributed by atoms with van der Waals surface area (Å²) >= 11 is 1.11. The van der Waals surface area contributed by atoms with E-state index in [9.17, 15) is 37.9 Å². The number of methoxy groups -OCH3 is 1. The second kappa shape index (κ2) is 16.5. The van der Waals surface area contributed by atoms with Crippen molar-refractivity contribution in [3.63, 3.8) is 0 Å². The van der Waals surface area contributed by atoms with Crippen LogP contribution in [0.4, 0.5) is 19.3 Å². The molecular formula is C36H49F2N3O9S. The quantitative estimate of drug-likeness (QED) is 0.186. The number of rotatable bonds is 13. The molecule has 1 aliphatic rings. The number of aliphatic hydroxyl groups excluding tert-OH is 1. The highest BCUT2D eigenvalue weighted by atomic mass is 32.1. The summed E-state index contributed by atoms with van der Waals surface area (Å²) in [4.78, 5) is 69.6. The Morgan fingerprint density at radius 2 is 1.59 bits per heavy atom. The molecule has 0 fully saturated rings. The third kappa shape index (κ3) is 10.7. The highest BCUT2D eigenvalue weighted by Crippen LogP contribution is 2.43. The number of carbonyl (C=O) groups excluding carboxylic acids is 5. The van der Waals surface area contributed by atoms with Crippen LogP contribution in [0.2, 0.25) is 0 Å². The normalized spacial score (nSPS) is 17.7. The van der Waals surface area contributed by atoms with Gasteiger partial charge in [-0.15, -0.1) is 11.3 Å². The number of nitrogens with one attached hydrogen (secondary N) is 2. The molecule has 3 amide bonds. The Morgan fingerprint density at radius 3 is 2.16 bits per heavy atom. The van der Waals surface area contributed by atoms with Crippen molar-refractivity contribution in [2.75, 3.05) is 12.0 Å². The van der Waals surface area contributed by atoms with Crippen LogP contribution >= 0.6 is 11.3 Å². The molecule has 3 rings (SSSR count). The van der Waals surface area contributed by atoms with E-state index in [1.54, 1.807) is 91.1 Å². The molecule has 4 atom stereocenters. The molecule has 2 heterocycles. The minimum Gasteiger partial charge on any atom is -0.467 e. The summed E-state index contributed by atoms with van der Waals surface area (Å²) in [7, 11) is 0.964. The first-order chi connectivity index (χ1) is 23.6. The molecule has 1 aromatic heterocycles. The van der Waals surface area contributed by atoms with Gasteiger partial charge in [0.05, 0.1) is 18.8 Å². The molecule has 0 saturated carbocycles. The Hall–Kier alpha value is -4.11. The summed E-state index contributed by atoms with van der Waals surface area (Å²) in [6.45, 7) is 13.8. The van der Waals surface area contributed by atoms with Gasteiger partial charge >= 0.3 is 18.0 Å². The van der Waals surface area contributed by atoms with Gasteiger partial charge < -0.3 is 30.0 Å². The zero-order valence-electron chi connectivity index (χ0n) is 30.5. The van der Waals surface area contributed by atoms with E-state index in [-0.39, 0.29) is 30.1 Å². The summed E-state index contributed by atoms with van der Waals surface area (Å²) in [5, 5.41) is 17.1. The minimum absolute atomic E-state index is 0.0182. The molecule has 0 spiro atoms. The lowest BCUT2D eigenvalue weighted by Crippen LogP contribution is -2.65. The lowest BCUT2D eigenvalue weighted by atomic mass is 9.85. The minimum atomic E-state index is -3.00. The molecule has 1 aliphatic heterocycles. The number of nitrogens with zero attached hydrogens (tertiary/aromatic N) is 1. The largest absolute Gasteiger partial charge is 0.467 e. The molecule has 3 N–H and O–H groups in total. The lowest BCUT2D eigenvalue weighted by molar-refractivity contribution is -0.153. The van der Waals surface area contributed by atoms with Gasteiger partial charge in [-0.3, -0.25) is 14.5 Å². The number of thiophene rings is 1. The van der Waals surface area contributed by atoms with Crippen LogP contribution in [-0.4, -0.2) is 83.4 Å². The molecule has 0 aliphatic carbocycles. The number of carbonyl (C=O) groups is 5. The van der Waals surface area contributed by atoms with Crippen molar-refractivity contribution in [2.24, 2.45) is 5.92 Å². The number of halogens is 2. The standard InChI is InChI=1S/C36H49F2N3O9S/c1-20(2)16-24(29(43)39-23(17-26(37)38)27(42)30(44)48-9)40-32(46)36(19-22-14-15-51-28(22)31(45)49-34(3,4)5)18-21-12-10-11-13-25(21)41(36)33(47)50-35(6,7)8/h10-15,20,23-24,26-27,42H,16-19H2,1-9H3,(H,39,43)(H,40,46)/t23?,24-,27?,36?/m0/s1. The molecule has 2 aromatic rings. The van der Waals surface area contributed by atoms with Crippen LogP contribution in [-0.2, 0) is 41.4 Å². The molecule has 51 heavy (non-hydrogen) atoms. The molecule has 282 valence electrons. The molecule has 15 heteroatoms. The summed E-state index contributed by atoms with van der Waals surface area (Å²) in [6, 6.07) is 5.44. The summed E-state index contributed by atoms with van der Waals surface area (Å²) in [6.07, 6.45) is -7.24. The first-order valence-corrected chi connectivity index (χ1v) is 17.5. The van der Waals surface area contributed by atoms with Gasteiger partial charge in [-0.25, -0.2) is 23.2 Å². The van der Waals surface area contributed by atoms with Crippen LogP contribution in [0.15, 0.2) is 35.7 Å². The Morgan fingerprint density at radius 1 is 0.961 bits per heavy atom. The molecule has 1 aromatic carbocycles. The maximum Gasteiger partial charge on any atom is 0.415 e. The molecular weight excluding hydrogens is 688 g/mol. The fourth-order valence-electron chi connectivity index (χ4n) is 5.80. The van der Waals surface area contributed by atoms with Crippen molar-refractivity contribution in [1.82, 2.24) is 10.6 Å². The molecule has 0 saturated heterocycles. The van der Waals surface area contributed by atoms with Crippen molar-refractivity contribution >= 4 is 46.9 Å². The second-order valence-corrected chi connectivity index (χ2v) is 15.9. The highest BCUT2D eigenvalue weighted by molar-refractivity contribution is 7.12. The van der Waals surface area contributed by atoms with Gasteiger partial charge in [-0.05, 0) is 82.5 Å². The predicted octanol–water partition coefficient (Wildman–Crippen LogP) is 5.19. The average Bonchev–Trinajstić information content (AvgIpc) is 3.60. The third-order valence-corrected chi connectivity index (χ3v) is 8.81. The van der Waals surface area contributed by atoms with E-state index < -0.39 is 77.6 Å². The maximum atomic E-state index is 14.9. The smallest absolute Gasteiger partial charge is 0.415 e. The molecule has 0 radical (unpaired) electrons. The summed E-state index contributed by atoms with van der Waals surface area (Å²) < 4.78 is 42.9. The number of amides is 3. The summed E-state index contributed by atoms with van der Waals surface area (Å²) in [5.74, 6) is -3.78. The maximum absolute atomic E-state index is 14.9. The zero-order chi connectivity index (χ0) is 38.5. The SMILES string of the molecule is COC(=O)C(O)C(CC(F)F)NC(=O)[C@H](CC(C)C)NC(=O)C1(Cc2ccsc2C(=O)OC(C)(C)C)Cc2ccccc2N1C(=O)OC(C)(C)C. The monoisotopic (exact) mass is 737 g/mol. The van der Waals surface area contributed by atoms with Gasteiger partial charge in [-0.1, -0.05) is 32.0 Å². The van der Waals surface area contributed by atoms with Crippen molar-refractivity contribution in [3.05, 3.63) is 51.7 Å². The highest BCUT2D eigenvalue weighted by Gasteiger charge is 2.55. The number of ether oxygens (including phenoxy) is 3. The molecule has 12 nitrogen and oxygen atoms in total. The zero-order valence-corrected chi connectivity index (χ0v) is 31.3. The van der Waals surface area contributed by atoms with E-state index in [0.29, 0.717) is 16.8 Å². The van der Waals surface area contributed by atoms with E-state index >= 15 is 0 Å². The van der Waals surface area contributed by atoms with Crippen LogP contribution in [0.3, 0.4) is 0 Å². The summed E-state index contributed by atoms with van der Waals surface area (Å²) in [5.41, 5.74) is -2.17. The van der Waals surface area contributed by atoms with Gasteiger partial charge in [0.2, 0.25) is 18.2 Å². The lowest BCUT2D eigenvalue weighted by Gasteiger charge is -2.39. The Kier molecular flexibility index (Phi) is 13.4. The number of hydrogen-bond acceptors (Lipinski definition) is 10. The van der Waals surface area contributed by atoms with Crippen LogP contribution < -0.4 is 15.5 Å². The number of esters is 2. The van der Waals surface area contributed by atoms with Crippen molar-refractivity contribution in [2.45, 2.75) is 122 Å². The first kappa shape index (κ1) is 41.3. The van der Waals surface area contributed by atoms with Crippen molar-refractivity contribution < 1.29 is 52.1 Å². The van der Waals surface area contributed by atoms with Gasteiger partial charge in [-0.2, -0.15) is 0 Å². The van der Waals surface area contributed by atoms with E-state index in [1.165, 1.54) is 4.90 Å². The number of hydrogen-bond donors (Lipinski definition) is 3. The third-order valence-electron chi connectivity index (χ3n) is 7.87. The van der Waals surface area contributed by atoms with E-state index in [0.717, 1.165) is 18.4 Å². The fraction of sp³-hybridized carbons (Fsp3) is 0.583.